The molecule has 32 heavy (non-hydrogen) atoms. The SMILES string of the molecule is Cc1cc(C)c(CNC(=O)[C@@H]2CCCN(S(=O)(=O)c3ccc(-c4ccn[nH]4)o3)C2)c(C)c1. The van der Waals surface area contributed by atoms with Gasteiger partial charge < -0.3 is 9.73 Å². The summed E-state index contributed by atoms with van der Waals surface area (Å²) in [6.07, 6.45) is 2.84. The number of furan rings is 1. The zero-order valence-corrected chi connectivity index (χ0v) is 19.3. The third-order valence-corrected chi connectivity index (χ3v) is 7.72. The van der Waals surface area contributed by atoms with Crippen molar-refractivity contribution in [2.75, 3.05) is 13.1 Å². The number of nitrogens with one attached hydrogen (secondary N) is 2. The van der Waals surface area contributed by atoms with Gasteiger partial charge in [0.15, 0.2) is 5.76 Å². The Morgan fingerprint density at radius 3 is 2.66 bits per heavy atom. The molecule has 2 N–H and O–H groups in total. The van der Waals surface area contributed by atoms with E-state index in [-0.39, 0.29) is 17.5 Å². The number of nitrogens with zero attached hydrogens (tertiary/aromatic N) is 2. The molecule has 1 atom stereocenters. The molecule has 1 saturated heterocycles. The largest absolute Gasteiger partial charge is 0.442 e. The highest BCUT2D eigenvalue weighted by molar-refractivity contribution is 7.89. The molecule has 0 radical (unpaired) electrons. The molecular weight excluding hydrogens is 428 g/mol. The van der Waals surface area contributed by atoms with Crippen molar-refractivity contribution in [2.24, 2.45) is 5.92 Å². The van der Waals surface area contributed by atoms with Crippen LogP contribution in [0.3, 0.4) is 0 Å². The van der Waals surface area contributed by atoms with E-state index in [9.17, 15) is 13.2 Å². The molecule has 0 aliphatic carbocycles. The van der Waals surface area contributed by atoms with Crippen LogP contribution in [-0.2, 0) is 21.4 Å². The van der Waals surface area contributed by atoms with Crippen molar-refractivity contribution < 1.29 is 17.6 Å². The van der Waals surface area contributed by atoms with Crippen LogP contribution in [0.1, 0.15) is 35.1 Å². The van der Waals surface area contributed by atoms with E-state index in [4.69, 9.17) is 4.42 Å². The summed E-state index contributed by atoms with van der Waals surface area (Å²) in [5.41, 5.74) is 5.18. The van der Waals surface area contributed by atoms with E-state index < -0.39 is 15.9 Å². The number of hydrogen-bond acceptors (Lipinski definition) is 5. The van der Waals surface area contributed by atoms with Crippen LogP contribution in [0.2, 0.25) is 0 Å². The molecule has 0 spiro atoms. The second-order valence-corrected chi connectivity index (χ2v) is 10.3. The summed E-state index contributed by atoms with van der Waals surface area (Å²) >= 11 is 0. The summed E-state index contributed by atoms with van der Waals surface area (Å²) in [4.78, 5) is 12.9. The average molecular weight is 457 g/mol. The lowest BCUT2D eigenvalue weighted by atomic mass is 9.97. The van der Waals surface area contributed by atoms with Crippen LogP contribution in [0, 0.1) is 26.7 Å². The van der Waals surface area contributed by atoms with Crippen molar-refractivity contribution in [3.8, 4) is 11.5 Å². The summed E-state index contributed by atoms with van der Waals surface area (Å²) < 4.78 is 33.2. The second-order valence-electron chi connectivity index (χ2n) is 8.39. The van der Waals surface area contributed by atoms with Crippen LogP contribution in [-0.4, -0.2) is 41.9 Å². The number of aryl methyl sites for hydroxylation is 3. The Balaban J connectivity index is 1.43. The zero-order chi connectivity index (χ0) is 22.9. The van der Waals surface area contributed by atoms with Gasteiger partial charge in [-0.2, -0.15) is 9.40 Å². The monoisotopic (exact) mass is 456 g/mol. The van der Waals surface area contributed by atoms with Crippen molar-refractivity contribution in [3.05, 3.63) is 58.8 Å². The van der Waals surface area contributed by atoms with E-state index >= 15 is 0 Å². The number of H-pyrrole nitrogens is 1. The van der Waals surface area contributed by atoms with Gasteiger partial charge in [0.25, 0.3) is 10.0 Å². The van der Waals surface area contributed by atoms with E-state index in [1.165, 1.54) is 15.9 Å². The Morgan fingerprint density at radius 2 is 1.97 bits per heavy atom. The molecule has 2 aromatic heterocycles. The fourth-order valence-corrected chi connectivity index (χ4v) is 5.74. The summed E-state index contributed by atoms with van der Waals surface area (Å²) in [7, 11) is -3.83. The minimum absolute atomic E-state index is 0.123. The fraction of sp³-hybridized carbons (Fsp3) is 0.391. The van der Waals surface area contributed by atoms with Crippen LogP contribution in [0.5, 0.6) is 0 Å². The number of hydrogen-bond donors (Lipinski definition) is 2. The first-order chi connectivity index (χ1) is 15.3. The molecule has 0 bridgehead atoms. The number of rotatable bonds is 6. The maximum Gasteiger partial charge on any atom is 0.276 e. The Morgan fingerprint density at radius 1 is 1.22 bits per heavy atom. The number of amides is 1. The molecule has 9 heteroatoms. The normalized spacial score (nSPS) is 17.4. The van der Waals surface area contributed by atoms with Gasteiger partial charge in [-0.1, -0.05) is 17.7 Å². The van der Waals surface area contributed by atoms with E-state index in [1.807, 2.05) is 13.8 Å². The van der Waals surface area contributed by atoms with E-state index in [2.05, 4.69) is 34.6 Å². The summed E-state index contributed by atoms with van der Waals surface area (Å²) in [5, 5.41) is 9.49. The molecule has 1 aromatic carbocycles. The Labute approximate surface area is 188 Å². The molecule has 1 amide bonds. The molecule has 1 aliphatic rings. The standard InChI is InChI=1S/C23H28N4O4S/c1-15-11-16(2)19(17(3)12-15)13-24-23(28)18-5-4-10-27(14-18)32(29,30)22-7-6-21(31-22)20-8-9-25-26-20/h6-9,11-12,18H,4-5,10,13-14H2,1-3H3,(H,24,28)(H,25,26)/t18-/m1/s1. The minimum atomic E-state index is -3.83. The minimum Gasteiger partial charge on any atom is -0.442 e. The quantitative estimate of drug-likeness (QED) is 0.592. The first-order valence-corrected chi connectivity index (χ1v) is 12.1. The molecule has 8 nitrogen and oxygen atoms in total. The van der Waals surface area contributed by atoms with Crippen LogP contribution >= 0.6 is 0 Å². The van der Waals surface area contributed by atoms with Crippen molar-refractivity contribution in [3.63, 3.8) is 0 Å². The van der Waals surface area contributed by atoms with Gasteiger partial charge in [-0.3, -0.25) is 9.89 Å². The van der Waals surface area contributed by atoms with Gasteiger partial charge in [0.2, 0.25) is 11.0 Å². The lowest BCUT2D eigenvalue weighted by Gasteiger charge is -2.30. The van der Waals surface area contributed by atoms with Crippen LogP contribution < -0.4 is 5.32 Å². The van der Waals surface area contributed by atoms with Gasteiger partial charge in [0, 0.05) is 25.8 Å². The van der Waals surface area contributed by atoms with E-state index in [0.717, 1.165) is 16.7 Å². The van der Waals surface area contributed by atoms with Gasteiger partial charge in [-0.15, -0.1) is 0 Å². The van der Waals surface area contributed by atoms with E-state index in [0.29, 0.717) is 37.4 Å². The molecule has 3 heterocycles. The highest BCUT2D eigenvalue weighted by Gasteiger charge is 2.35. The topological polar surface area (TPSA) is 108 Å². The van der Waals surface area contributed by atoms with Gasteiger partial charge >= 0.3 is 0 Å². The zero-order valence-electron chi connectivity index (χ0n) is 18.5. The number of benzene rings is 1. The Kier molecular flexibility index (Phi) is 6.21. The van der Waals surface area contributed by atoms with Gasteiger partial charge in [0.05, 0.1) is 5.92 Å². The Bertz CT molecular complexity index is 1190. The van der Waals surface area contributed by atoms with Crippen LogP contribution in [0.15, 0.2) is 46.0 Å². The number of piperidine rings is 1. The highest BCUT2D eigenvalue weighted by Crippen LogP contribution is 2.28. The van der Waals surface area contributed by atoms with Crippen molar-refractivity contribution >= 4 is 15.9 Å². The van der Waals surface area contributed by atoms with Crippen molar-refractivity contribution in [2.45, 2.75) is 45.2 Å². The molecule has 0 saturated carbocycles. The first-order valence-electron chi connectivity index (χ1n) is 10.7. The predicted octanol–water partition coefficient (Wildman–Crippen LogP) is 3.31. The predicted molar refractivity (Wildman–Crippen MR) is 120 cm³/mol. The first kappa shape index (κ1) is 22.3. The maximum atomic E-state index is 13.1. The number of carbonyl (C=O) groups is 1. The lowest BCUT2D eigenvalue weighted by molar-refractivity contribution is -0.126. The lowest BCUT2D eigenvalue weighted by Crippen LogP contribution is -2.45. The Hall–Kier alpha value is -2.91. The van der Waals surface area contributed by atoms with Crippen molar-refractivity contribution in [1.29, 1.82) is 0 Å². The smallest absolute Gasteiger partial charge is 0.276 e. The van der Waals surface area contributed by atoms with Crippen molar-refractivity contribution in [1.82, 2.24) is 19.8 Å². The summed E-state index contributed by atoms with van der Waals surface area (Å²) in [6, 6.07) is 8.95. The molecule has 0 unspecified atom stereocenters. The number of carbonyl (C=O) groups excluding carboxylic acids is 1. The second kappa shape index (κ2) is 8.91. The van der Waals surface area contributed by atoms with Gasteiger partial charge in [-0.25, -0.2) is 8.42 Å². The third kappa shape index (κ3) is 4.49. The molecule has 170 valence electrons. The number of sulfonamides is 1. The van der Waals surface area contributed by atoms with Crippen LogP contribution in [0.25, 0.3) is 11.5 Å². The van der Waals surface area contributed by atoms with Gasteiger partial charge in [-0.05, 0) is 68.5 Å². The number of aromatic nitrogens is 2. The number of aromatic amines is 1. The summed E-state index contributed by atoms with van der Waals surface area (Å²) in [6.45, 7) is 7.07. The molecular formula is C23H28N4O4S. The molecule has 3 aromatic rings. The van der Waals surface area contributed by atoms with Gasteiger partial charge in [0.1, 0.15) is 5.69 Å². The molecule has 4 rings (SSSR count). The fourth-order valence-electron chi connectivity index (χ4n) is 4.31. The average Bonchev–Trinajstić information content (AvgIpc) is 3.45. The van der Waals surface area contributed by atoms with Crippen LogP contribution in [0.4, 0.5) is 0 Å². The third-order valence-electron chi connectivity index (χ3n) is 5.98. The highest BCUT2D eigenvalue weighted by atomic mass is 32.2. The molecule has 1 aliphatic heterocycles. The maximum absolute atomic E-state index is 13.1. The summed E-state index contributed by atoms with van der Waals surface area (Å²) in [5.74, 6) is -0.121. The molecule has 1 fully saturated rings. The van der Waals surface area contributed by atoms with E-state index in [1.54, 1.807) is 18.3 Å².